The second-order valence-corrected chi connectivity index (χ2v) is 5.74. The van der Waals surface area contributed by atoms with E-state index in [9.17, 15) is 22.4 Å². The summed E-state index contributed by atoms with van der Waals surface area (Å²) in [6.07, 6.45) is 0. The molecule has 2 aromatic carbocycles. The van der Waals surface area contributed by atoms with Gasteiger partial charge in [-0.3, -0.25) is 4.79 Å². The van der Waals surface area contributed by atoms with Gasteiger partial charge >= 0.3 is 0 Å². The van der Waals surface area contributed by atoms with Crippen molar-refractivity contribution in [3.63, 3.8) is 0 Å². The second-order valence-electron chi connectivity index (χ2n) is 4.32. The smallest absolute Gasteiger partial charge is 0.178 e. The standard InChI is InChI=1S/C15H10F4OS/c1-8(21-10-3-5-12(17)14(19)7-10)15(20)11-4-2-9(16)6-13(11)18/h2-8H,1H3. The predicted octanol–water partition coefficient (Wildman–Crippen LogP) is 4.61. The lowest BCUT2D eigenvalue weighted by atomic mass is 10.1. The van der Waals surface area contributed by atoms with Crippen LogP contribution in [0.2, 0.25) is 0 Å². The van der Waals surface area contributed by atoms with Crippen molar-refractivity contribution in [3.8, 4) is 0 Å². The molecule has 0 N–H and O–H groups in total. The highest BCUT2D eigenvalue weighted by Gasteiger charge is 2.20. The van der Waals surface area contributed by atoms with Gasteiger partial charge in [-0.1, -0.05) is 0 Å². The maximum absolute atomic E-state index is 13.5. The van der Waals surface area contributed by atoms with E-state index in [4.69, 9.17) is 0 Å². The lowest BCUT2D eigenvalue weighted by Crippen LogP contribution is -2.15. The second kappa shape index (κ2) is 6.30. The van der Waals surface area contributed by atoms with E-state index in [2.05, 4.69) is 0 Å². The molecule has 0 saturated carbocycles. The summed E-state index contributed by atoms with van der Waals surface area (Å²) in [5, 5.41) is -0.727. The molecule has 1 nitrogen and oxygen atoms in total. The van der Waals surface area contributed by atoms with Crippen molar-refractivity contribution in [2.24, 2.45) is 0 Å². The number of thioether (sulfide) groups is 1. The number of carbonyl (C=O) groups is 1. The maximum atomic E-state index is 13.5. The van der Waals surface area contributed by atoms with E-state index >= 15 is 0 Å². The molecule has 1 unspecified atom stereocenters. The van der Waals surface area contributed by atoms with Gasteiger partial charge in [-0.15, -0.1) is 11.8 Å². The largest absolute Gasteiger partial charge is 0.293 e. The molecule has 0 aliphatic carbocycles. The minimum absolute atomic E-state index is 0.237. The summed E-state index contributed by atoms with van der Waals surface area (Å²) < 4.78 is 52.2. The summed E-state index contributed by atoms with van der Waals surface area (Å²) in [4.78, 5) is 12.4. The third-order valence-corrected chi connectivity index (χ3v) is 3.86. The van der Waals surface area contributed by atoms with Crippen molar-refractivity contribution >= 4 is 17.5 Å². The zero-order valence-corrected chi connectivity index (χ0v) is 11.7. The fourth-order valence-corrected chi connectivity index (χ4v) is 2.68. The molecule has 0 bridgehead atoms. The van der Waals surface area contributed by atoms with Crippen molar-refractivity contribution in [1.82, 2.24) is 0 Å². The molecule has 0 aliphatic rings. The molecule has 1 atom stereocenters. The third-order valence-electron chi connectivity index (χ3n) is 2.77. The van der Waals surface area contributed by atoms with Gasteiger partial charge in [-0.25, -0.2) is 17.6 Å². The van der Waals surface area contributed by atoms with Crippen LogP contribution in [-0.2, 0) is 0 Å². The Hall–Kier alpha value is -1.82. The number of Topliss-reactive ketones (excluding diaryl/α,β-unsaturated/α-hetero) is 1. The average molecular weight is 314 g/mol. The molecular formula is C15H10F4OS. The number of carbonyl (C=O) groups excluding carboxylic acids is 1. The van der Waals surface area contributed by atoms with Crippen molar-refractivity contribution in [1.29, 1.82) is 0 Å². The highest BCUT2D eigenvalue weighted by Crippen LogP contribution is 2.27. The van der Waals surface area contributed by atoms with Crippen LogP contribution in [0.5, 0.6) is 0 Å². The lowest BCUT2D eigenvalue weighted by Gasteiger charge is -2.11. The van der Waals surface area contributed by atoms with Crippen molar-refractivity contribution in [2.45, 2.75) is 17.1 Å². The number of hydrogen-bond donors (Lipinski definition) is 0. The Kier molecular flexibility index (Phi) is 4.67. The summed E-state index contributed by atoms with van der Waals surface area (Å²) in [5.74, 6) is -4.28. The molecule has 21 heavy (non-hydrogen) atoms. The highest BCUT2D eigenvalue weighted by molar-refractivity contribution is 8.00. The van der Waals surface area contributed by atoms with Crippen LogP contribution in [0, 0.1) is 23.3 Å². The summed E-state index contributed by atoms with van der Waals surface area (Å²) in [5.41, 5.74) is -0.237. The fraction of sp³-hybridized carbons (Fsp3) is 0.133. The van der Waals surface area contributed by atoms with Crippen LogP contribution >= 0.6 is 11.8 Å². The van der Waals surface area contributed by atoms with Gasteiger partial charge in [0.1, 0.15) is 11.6 Å². The van der Waals surface area contributed by atoms with Crippen molar-refractivity contribution in [3.05, 3.63) is 65.2 Å². The Bertz CT molecular complexity index is 687. The first kappa shape index (κ1) is 15.6. The monoisotopic (exact) mass is 314 g/mol. The number of hydrogen-bond acceptors (Lipinski definition) is 2. The molecule has 2 aromatic rings. The maximum Gasteiger partial charge on any atom is 0.178 e. The van der Waals surface area contributed by atoms with Gasteiger partial charge in [-0.05, 0) is 37.3 Å². The van der Waals surface area contributed by atoms with Gasteiger partial charge in [0.05, 0.1) is 10.8 Å². The average Bonchev–Trinajstić information content (AvgIpc) is 2.42. The van der Waals surface area contributed by atoms with E-state index in [-0.39, 0.29) is 5.56 Å². The summed E-state index contributed by atoms with van der Waals surface area (Å²) >= 11 is 0.966. The Morgan fingerprint density at radius 1 is 0.952 bits per heavy atom. The number of rotatable bonds is 4. The predicted molar refractivity (Wildman–Crippen MR) is 72.4 cm³/mol. The van der Waals surface area contributed by atoms with E-state index in [1.54, 1.807) is 0 Å². The van der Waals surface area contributed by atoms with Crippen molar-refractivity contribution in [2.75, 3.05) is 0 Å². The lowest BCUT2D eigenvalue weighted by molar-refractivity contribution is 0.0990. The van der Waals surface area contributed by atoms with Gasteiger partial charge in [0.2, 0.25) is 0 Å². The Morgan fingerprint density at radius 2 is 1.67 bits per heavy atom. The molecule has 0 saturated heterocycles. The summed E-state index contributed by atoms with van der Waals surface area (Å²) in [6.45, 7) is 1.51. The number of halogens is 4. The van der Waals surface area contributed by atoms with E-state index in [1.807, 2.05) is 0 Å². The SMILES string of the molecule is CC(Sc1ccc(F)c(F)c1)C(=O)c1ccc(F)cc1F. The van der Waals surface area contributed by atoms with Gasteiger partial charge in [-0.2, -0.15) is 0 Å². The zero-order valence-electron chi connectivity index (χ0n) is 10.9. The van der Waals surface area contributed by atoms with Crippen LogP contribution in [0.3, 0.4) is 0 Å². The minimum Gasteiger partial charge on any atom is -0.293 e. The first-order valence-electron chi connectivity index (χ1n) is 5.99. The van der Waals surface area contributed by atoms with Crippen LogP contribution in [0.1, 0.15) is 17.3 Å². The van der Waals surface area contributed by atoms with E-state index in [1.165, 1.54) is 13.0 Å². The molecule has 0 heterocycles. The van der Waals surface area contributed by atoms with E-state index in [0.29, 0.717) is 11.0 Å². The summed E-state index contributed by atoms with van der Waals surface area (Å²) in [6, 6.07) is 5.93. The Morgan fingerprint density at radius 3 is 2.29 bits per heavy atom. The van der Waals surface area contributed by atoms with Crippen LogP contribution in [-0.4, -0.2) is 11.0 Å². The normalized spacial score (nSPS) is 12.2. The van der Waals surface area contributed by atoms with E-state index in [0.717, 1.165) is 36.0 Å². The molecule has 0 aliphatic heterocycles. The fourth-order valence-electron chi connectivity index (χ4n) is 1.72. The molecule has 0 spiro atoms. The number of benzene rings is 2. The summed E-state index contributed by atoms with van der Waals surface area (Å²) in [7, 11) is 0. The first-order chi connectivity index (χ1) is 9.88. The van der Waals surface area contributed by atoms with Crippen LogP contribution in [0.25, 0.3) is 0 Å². The quantitative estimate of drug-likeness (QED) is 0.466. The third kappa shape index (κ3) is 3.64. The molecular weight excluding hydrogens is 304 g/mol. The Labute approximate surface area is 123 Å². The van der Waals surface area contributed by atoms with Gasteiger partial charge in [0.25, 0.3) is 0 Å². The molecule has 6 heteroatoms. The van der Waals surface area contributed by atoms with Crippen LogP contribution in [0.15, 0.2) is 41.3 Å². The number of ketones is 1. The van der Waals surface area contributed by atoms with Crippen molar-refractivity contribution < 1.29 is 22.4 Å². The molecule has 2 rings (SSSR count). The molecule has 0 fully saturated rings. The minimum atomic E-state index is -1.02. The van der Waals surface area contributed by atoms with Gasteiger partial charge in [0, 0.05) is 11.0 Å². The van der Waals surface area contributed by atoms with Gasteiger partial charge < -0.3 is 0 Å². The highest BCUT2D eigenvalue weighted by atomic mass is 32.2. The van der Waals surface area contributed by atoms with Crippen LogP contribution in [0.4, 0.5) is 17.6 Å². The molecule has 0 radical (unpaired) electrons. The first-order valence-corrected chi connectivity index (χ1v) is 6.87. The van der Waals surface area contributed by atoms with Crippen LogP contribution < -0.4 is 0 Å². The van der Waals surface area contributed by atoms with Gasteiger partial charge in [0.15, 0.2) is 17.4 Å². The Balaban J connectivity index is 2.17. The molecule has 0 amide bonds. The topological polar surface area (TPSA) is 17.1 Å². The molecule has 110 valence electrons. The van der Waals surface area contributed by atoms with E-state index < -0.39 is 34.3 Å². The zero-order chi connectivity index (χ0) is 15.6. The molecule has 0 aromatic heterocycles.